The number of rotatable bonds is 4. The molecule has 2 aromatic heterocycles. The molecule has 0 aromatic carbocycles. The molecule has 0 bridgehead atoms. The maximum Gasteiger partial charge on any atom is 0.138 e. The molecule has 2 heterocycles. The van der Waals surface area contributed by atoms with Crippen molar-refractivity contribution in [2.24, 2.45) is 5.73 Å². The number of nitrogens with one attached hydrogen (secondary N) is 1. The Morgan fingerprint density at radius 3 is 3.14 bits per heavy atom. The van der Waals surface area contributed by atoms with Crippen molar-refractivity contribution in [1.82, 2.24) is 9.97 Å². The van der Waals surface area contributed by atoms with Gasteiger partial charge in [0.25, 0.3) is 0 Å². The van der Waals surface area contributed by atoms with Gasteiger partial charge >= 0.3 is 0 Å². The molecule has 0 atom stereocenters. The van der Waals surface area contributed by atoms with Crippen molar-refractivity contribution in [3.8, 4) is 11.4 Å². The first-order valence-corrected chi connectivity index (χ1v) is 5.56. The van der Waals surface area contributed by atoms with Gasteiger partial charge in [0.05, 0.1) is 0 Å². The van der Waals surface area contributed by atoms with Gasteiger partial charge in [-0.1, -0.05) is 0 Å². The lowest BCUT2D eigenvalue weighted by atomic mass is 10.2. The van der Waals surface area contributed by atoms with Crippen LogP contribution in [-0.2, 0) is 6.42 Å². The zero-order valence-electron chi connectivity index (χ0n) is 7.86. The Balaban J connectivity index is 2.22. The third-order valence-corrected chi connectivity index (χ3v) is 3.09. The number of nitrogens with zero attached hydrogens (tertiary/aromatic N) is 1. The summed E-state index contributed by atoms with van der Waals surface area (Å²) in [5.74, 6) is 0.957. The first-order chi connectivity index (χ1) is 6.92. The molecule has 0 aliphatic carbocycles. The molecular weight excluding hydrogens is 194 g/mol. The number of aromatic nitrogens is 2. The summed E-state index contributed by atoms with van der Waals surface area (Å²) < 4.78 is 0. The van der Waals surface area contributed by atoms with E-state index < -0.39 is 0 Å². The van der Waals surface area contributed by atoms with Gasteiger partial charge in [-0.25, -0.2) is 4.98 Å². The molecule has 0 amide bonds. The highest BCUT2D eigenvalue weighted by Crippen LogP contribution is 2.26. The normalized spacial score (nSPS) is 10.6. The molecule has 2 aromatic rings. The van der Waals surface area contributed by atoms with Crippen molar-refractivity contribution < 1.29 is 0 Å². The second-order valence-electron chi connectivity index (χ2n) is 3.09. The first-order valence-electron chi connectivity index (χ1n) is 4.68. The number of hydrogen-bond donors (Lipinski definition) is 2. The van der Waals surface area contributed by atoms with Crippen LogP contribution in [-0.4, -0.2) is 16.5 Å². The van der Waals surface area contributed by atoms with Gasteiger partial charge in [-0.2, -0.15) is 0 Å². The highest BCUT2D eigenvalue weighted by molar-refractivity contribution is 7.10. The minimum atomic E-state index is 0.746. The minimum Gasteiger partial charge on any atom is -0.345 e. The van der Waals surface area contributed by atoms with Gasteiger partial charge in [0.2, 0.25) is 0 Å². The number of nitrogens with two attached hydrogens (primary N) is 1. The van der Waals surface area contributed by atoms with E-state index in [2.05, 4.69) is 21.4 Å². The van der Waals surface area contributed by atoms with Gasteiger partial charge in [0.15, 0.2) is 0 Å². The molecule has 4 heteroatoms. The summed E-state index contributed by atoms with van der Waals surface area (Å²) in [5.41, 5.74) is 6.71. The third-order valence-electron chi connectivity index (χ3n) is 2.11. The summed E-state index contributed by atoms with van der Waals surface area (Å²) >= 11 is 1.77. The Morgan fingerprint density at radius 1 is 1.50 bits per heavy atom. The van der Waals surface area contributed by atoms with E-state index >= 15 is 0 Å². The van der Waals surface area contributed by atoms with Crippen molar-refractivity contribution in [1.29, 1.82) is 0 Å². The number of imidazole rings is 1. The fourth-order valence-electron chi connectivity index (χ4n) is 1.42. The monoisotopic (exact) mass is 207 g/mol. The Morgan fingerprint density at radius 2 is 2.43 bits per heavy atom. The van der Waals surface area contributed by atoms with Gasteiger partial charge in [-0.15, -0.1) is 11.3 Å². The van der Waals surface area contributed by atoms with Crippen LogP contribution in [0.1, 0.15) is 11.3 Å². The van der Waals surface area contributed by atoms with E-state index in [1.807, 2.05) is 6.20 Å². The van der Waals surface area contributed by atoms with Crippen LogP contribution in [0.2, 0.25) is 0 Å². The molecule has 0 saturated heterocycles. The maximum atomic E-state index is 5.50. The van der Waals surface area contributed by atoms with Crippen molar-refractivity contribution in [3.63, 3.8) is 0 Å². The number of aryl methyl sites for hydroxylation is 1. The molecule has 3 N–H and O–H groups in total. The van der Waals surface area contributed by atoms with Crippen LogP contribution >= 0.6 is 11.3 Å². The highest BCUT2D eigenvalue weighted by Gasteiger charge is 2.07. The number of H-pyrrole nitrogens is 1. The molecule has 0 fully saturated rings. The van der Waals surface area contributed by atoms with Crippen LogP contribution in [0.5, 0.6) is 0 Å². The molecule has 2 rings (SSSR count). The average molecular weight is 207 g/mol. The van der Waals surface area contributed by atoms with Gasteiger partial charge in [-0.3, -0.25) is 0 Å². The van der Waals surface area contributed by atoms with Crippen molar-refractivity contribution in [3.05, 3.63) is 28.7 Å². The second kappa shape index (κ2) is 4.39. The lowest BCUT2D eigenvalue weighted by Crippen LogP contribution is -2.00. The van der Waals surface area contributed by atoms with Gasteiger partial charge in [0.1, 0.15) is 5.82 Å². The average Bonchev–Trinajstić information content (AvgIpc) is 2.84. The summed E-state index contributed by atoms with van der Waals surface area (Å²) in [5, 5.41) is 2.10. The maximum absolute atomic E-state index is 5.50. The van der Waals surface area contributed by atoms with Crippen molar-refractivity contribution in [2.45, 2.75) is 12.8 Å². The summed E-state index contributed by atoms with van der Waals surface area (Å²) in [6.45, 7) is 0.746. The van der Waals surface area contributed by atoms with Gasteiger partial charge < -0.3 is 10.7 Å². The van der Waals surface area contributed by atoms with E-state index in [1.165, 1.54) is 10.4 Å². The number of hydrogen-bond acceptors (Lipinski definition) is 3. The van der Waals surface area contributed by atoms with Gasteiger partial charge in [0, 0.05) is 22.8 Å². The van der Waals surface area contributed by atoms with Gasteiger partial charge in [-0.05, 0) is 30.8 Å². The summed E-state index contributed by atoms with van der Waals surface area (Å²) in [6, 6.07) is 2.11. The Hall–Kier alpha value is -1.13. The lowest BCUT2D eigenvalue weighted by Gasteiger charge is -1.99. The molecule has 0 saturated carbocycles. The summed E-state index contributed by atoms with van der Waals surface area (Å²) in [6.07, 6.45) is 5.71. The minimum absolute atomic E-state index is 0.746. The summed E-state index contributed by atoms with van der Waals surface area (Å²) in [4.78, 5) is 8.73. The SMILES string of the molecule is NCCCc1sccc1-c1ncc[nH]1. The molecule has 74 valence electrons. The van der Waals surface area contributed by atoms with Crippen LogP contribution < -0.4 is 5.73 Å². The van der Waals surface area contributed by atoms with E-state index in [9.17, 15) is 0 Å². The Kier molecular flexibility index (Phi) is 2.96. The Bertz CT molecular complexity index is 378. The van der Waals surface area contributed by atoms with E-state index in [4.69, 9.17) is 5.73 Å². The predicted molar refractivity (Wildman–Crippen MR) is 59.3 cm³/mol. The van der Waals surface area contributed by atoms with Crippen LogP contribution in [0, 0.1) is 0 Å². The largest absolute Gasteiger partial charge is 0.345 e. The zero-order valence-corrected chi connectivity index (χ0v) is 8.68. The molecule has 0 radical (unpaired) electrons. The predicted octanol–water partition coefficient (Wildman–Crippen LogP) is 2.03. The third kappa shape index (κ3) is 1.86. The first kappa shape index (κ1) is 9.43. The number of thiophene rings is 1. The fourth-order valence-corrected chi connectivity index (χ4v) is 2.34. The van der Waals surface area contributed by atoms with Crippen molar-refractivity contribution >= 4 is 11.3 Å². The summed E-state index contributed by atoms with van der Waals surface area (Å²) in [7, 11) is 0. The van der Waals surface area contributed by atoms with Crippen LogP contribution in [0.25, 0.3) is 11.4 Å². The Labute approximate surface area is 87.0 Å². The van der Waals surface area contributed by atoms with E-state index in [-0.39, 0.29) is 0 Å². The van der Waals surface area contributed by atoms with Crippen molar-refractivity contribution in [2.75, 3.05) is 6.54 Å². The van der Waals surface area contributed by atoms with Crippen LogP contribution in [0.4, 0.5) is 0 Å². The smallest absolute Gasteiger partial charge is 0.138 e. The highest BCUT2D eigenvalue weighted by atomic mass is 32.1. The lowest BCUT2D eigenvalue weighted by molar-refractivity contribution is 0.843. The standard InChI is InChI=1S/C10H13N3S/c11-4-1-2-9-8(3-7-14-9)10-12-5-6-13-10/h3,5-7H,1-2,4,11H2,(H,12,13). The molecule has 3 nitrogen and oxygen atoms in total. The molecule has 14 heavy (non-hydrogen) atoms. The number of aromatic amines is 1. The van der Waals surface area contributed by atoms with E-state index in [1.54, 1.807) is 17.5 Å². The van der Waals surface area contributed by atoms with E-state index in [0.717, 1.165) is 25.2 Å². The zero-order chi connectivity index (χ0) is 9.80. The molecule has 0 unspecified atom stereocenters. The molecule has 0 aliphatic rings. The molecular formula is C10H13N3S. The topological polar surface area (TPSA) is 54.7 Å². The van der Waals surface area contributed by atoms with E-state index in [0.29, 0.717) is 0 Å². The molecule has 0 spiro atoms. The van der Waals surface area contributed by atoms with Crippen LogP contribution in [0.15, 0.2) is 23.8 Å². The second-order valence-corrected chi connectivity index (χ2v) is 4.09. The fraction of sp³-hybridized carbons (Fsp3) is 0.300. The van der Waals surface area contributed by atoms with Crippen LogP contribution in [0.3, 0.4) is 0 Å². The quantitative estimate of drug-likeness (QED) is 0.806. The molecule has 0 aliphatic heterocycles.